The highest BCUT2D eigenvalue weighted by Gasteiger charge is 2.34. The van der Waals surface area contributed by atoms with Gasteiger partial charge in [-0.25, -0.2) is 4.98 Å². The zero-order chi connectivity index (χ0) is 18.4. The minimum Gasteiger partial charge on any atom is -0.497 e. The highest BCUT2D eigenvalue weighted by atomic mass is 35.5. The molecule has 1 aromatic heterocycles. The first-order valence-electron chi connectivity index (χ1n) is 8.96. The van der Waals surface area contributed by atoms with Crippen molar-refractivity contribution in [2.75, 3.05) is 18.6 Å². The SMILES string of the molecule is CCC(C1CC1)n1cc(Cl)nc(N2CCc3cc(OC)cc(Cl)c32)c1=O. The molecule has 1 unspecified atom stereocenters. The van der Waals surface area contributed by atoms with Gasteiger partial charge in [0.25, 0.3) is 5.56 Å². The minimum atomic E-state index is -0.104. The molecule has 26 heavy (non-hydrogen) atoms. The number of aromatic nitrogens is 2. The summed E-state index contributed by atoms with van der Waals surface area (Å²) in [5, 5.41) is 0.885. The summed E-state index contributed by atoms with van der Waals surface area (Å²) >= 11 is 12.8. The van der Waals surface area contributed by atoms with Crippen LogP contribution in [0.25, 0.3) is 0 Å². The Morgan fingerprint density at radius 1 is 1.35 bits per heavy atom. The van der Waals surface area contributed by atoms with Crippen LogP contribution in [0.1, 0.15) is 37.8 Å². The largest absolute Gasteiger partial charge is 0.497 e. The number of fused-ring (bicyclic) bond motifs is 1. The second-order valence-electron chi connectivity index (χ2n) is 6.93. The normalized spacial score (nSPS) is 17.3. The summed E-state index contributed by atoms with van der Waals surface area (Å²) in [6.45, 7) is 2.75. The molecule has 0 saturated heterocycles. The Morgan fingerprint density at radius 3 is 2.77 bits per heavy atom. The molecule has 1 aromatic carbocycles. The van der Waals surface area contributed by atoms with Crippen LogP contribution >= 0.6 is 23.2 Å². The van der Waals surface area contributed by atoms with Crippen LogP contribution in [0.5, 0.6) is 5.75 Å². The van der Waals surface area contributed by atoms with Gasteiger partial charge in [-0.1, -0.05) is 30.1 Å². The van der Waals surface area contributed by atoms with Crippen molar-refractivity contribution >= 4 is 34.7 Å². The molecule has 0 amide bonds. The predicted molar refractivity (Wildman–Crippen MR) is 104 cm³/mol. The lowest BCUT2D eigenvalue weighted by Crippen LogP contribution is -2.32. The molecule has 138 valence electrons. The maximum Gasteiger partial charge on any atom is 0.294 e. The van der Waals surface area contributed by atoms with E-state index in [2.05, 4.69) is 11.9 Å². The van der Waals surface area contributed by atoms with Crippen molar-refractivity contribution in [3.05, 3.63) is 44.4 Å². The third kappa shape index (κ3) is 2.97. The lowest BCUT2D eigenvalue weighted by atomic mass is 10.1. The third-order valence-electron chi connectivity index (χ3n) is 5.31. The lowest BCUT2D eigenvalue weighted by molar-refractivity contribution is 0.414. The Labute approximate surface area is 162 Å². The second-order valence-corrected chi connectivity index (χ2v) is 7.73. The Bertz CT molecular complexity index is 908. The summed E-state index contributed by atoms with van der Waals surface area (Å²) < 4.78 is 7.07. The van der Waals surface area contributed by atoms with Crippen molar-refractivity contribution in [3.8, 4) is 5.75 Å². The van der Waals surface area contributed by atoms with Gasteiger partial charge in [-0.3, -0.25) is 4.79 Å². The molecule has 4 rings (SSSR count). The van der Waals surface area contributed by atoms with Crippen molar-refractivity contribution in [1.29, 1.82) is 0 Å². The van der Waals surface area contributed by atoms with E-state index in [4.69, 9.17) is 27.9 Å². The first kappa shape index (κ1) is 17.7. The molecule has 0 spiro atoms. The van der Waals surface area contributed by atoms with E-state index in [1.807, 2.05) is 11.0 Å². The summed E-state index contributed by atoms with van der Waals surface area (Å²) in [6.07, 6.45) is 5.68. The molecular weight excluding hydrogens is 373 g/mol. The molecule has 0 radical (unpaired) electrons. The van der Waals surface area contributed by atoms with E-state index < -0.39 is 0 Å². The van der Waals surface area contributed by atoms with Crippen LogP contribution in [0.4, 0.5) is 11.5 Å². The van der Waals surface area contributed by atoms with Gasteiger partial charge < -0.3 is 14.2 Å². The van der Waals surface area contributed by atoms with Crippen molar-refractivity contribution < 1.29 is 4.74 Å². The zero-order valence-corrected chi connectivity index (χ0v) is 16.3. The number of nitrogens with zero attached hydrogens (tertiary/aromatic N) is 3. The first-order chi connectivity index (χ1) is 12.5. The van der Waals surface area contributed by atoms with Crippen LogP contribution in [-0.2, 0) is 6.42 Å². The summed E-state index contributed by atoms with van der Waals surface area (Å²) in [4.78, 5) is 19.5. The quantitative estimate of drug-likeness (QED) is 0.743. The molecule has 7 heteroatoms. The van der Waals surface area contributed by atoms with Crippen LogP contribution in [0.2, 0.25) is 10.2 Å². The van der Waals surface area contributed by atoms with E-state index in [0.29, 0.717) is 34.2 Å². The van der Waals surface area contributed by atoms with E-state index in [1.54, 1.807) is 23.9 Å². The number of benzene rings is 1. The van der Waals surface area contributed by atoms with Gasteiger partial charge in [0.15, 0.2) is 0 Å². The van der Waals surface area contributed by atoms with Crippen LogP contribution in [0, 0.1) is 5.92 Å². The number of ether oxygens (including phenoxy) is 1. The minimum absolute atomic E-state index is 0.104. The van der Waals surface area contributed by atoms with Gasteiger partial charge in [-0.2, -0.15) is 0 Å². The van der Waals surface area contributed by atoms with Gasteiger partial charge in [0.05, 0.1) is 17.8 Å². The number of hydrogen-bond donors (Lipinski definition) is 0. The maximum atomic E-state index is 13.2. The smallest absolute Gasteiger partial charge is 0.294 e. The van der Waals surface area contributed by atoms with E-state index in [-0.39, 0.29) is 11.6 Å². The van der Waals surface area contributed by atoms with Crippen LogP contribution in [-0.4, -0.2) is 23.2 Å². The van der Waals surface area contributed by atoms with Gasteiger partial charge in [-0.15, -0.1) is 0 Å². The van der Waals surface area contributed by atoms with Gasteiger partial charge in [0, 0.05) is 24.8 Å². The number of halogens is 2. The monoisotopic (exact) mass is 393 g/mol. The molecule has 2 heterocycles. The number of rotatable bonds is 5. The molecule has 0 bridgehead atoms. The molecule has 2 aliphatic rings. The van der Waals surface area contributed by atoms with E-state index in [9.17, 15) is 4.79 Å². The maximum absolute atomic E-state index is 13.2. The fourth-order valence-corrected chi connectivity index (χ4v) is 4.44. The van der Waals surface area contributed by atoms with Gasteiger partial charge in [-0.05, 0) is 43.2 Å². The van der Waals surface area contributed by atoms with Crippen LogP contribution in [0.15, 0.2) is 23.1 Å². The fourth-order valence-electron chi connectivity index (χ4n) is 3.92. The van der Waals surface area contributed by atoms with E-state index >= 15 is 0 Å². The van der Waals surface area contributed by atoms with Gasteiger partial charge in [0.1, 0.15) is 10.9 Å². The molecule has 0 N–H and O–H groups in total. The Kier molecular flexibility index (Phi) is 4.61. The lowest BCUT2D eigenvalue weighted by Gasteiger charge is -2.23. The highest BCUT2D eigenvalue weighted by molar-refractivity contribution is 6.34. The molecule has 1 atom stereocenters. The Hall–Kier alpha value is -1.72. The van der Waals surface area contributed by atoms with Crippen LogP contribution < -0.4 is 15.2 Å². The number of hydrogen-bond acceptors (Lipinski definition) is 4. The summed E-state index contributed by atoms with van der Waals surface area (Å²) in [5.41, 5.74) is 1.77. The third-order valence-corrected chi connectivity index (χ3v) is 5.78. The molecule has 5 nitrogen and oxygen atoms in total. The van der Waals surface area contributed by atoms with Crippen LogP contribution in [0.3, 0.4) is 0 Å². The molecule has 1 fully saturated rings. The summed E-state index contributed by atoms with van der Waals surface area (Å²) in [6, 6.07) is 3.90. The Balaban J connectivity index is 1.81. The predicted octanol–water partition coefficient (Wildman–Crippen LogP) is 4.61. The van der Waals surface area contributed by atoms with E-state index in [1.165, 1.54) is 12.8 Å². The summed E-state index contributed by atoms with van der Waals surface area (Å²) in [5.74, 6) is 1.62. The summed E-state index contributed by atoms with van der Waals surface area (Å²) in [7, 11) is 1.62. The molecule has 1 saturated carbocycles. The Morgan fingerprint density at radius 2 is 2.12 bits per heavy atom. The van der Waals surface area contributed by atoms with E-state index in [0.717, 1.165) is 24.1 Å². The number of anilines is 2. The molecule has 1 aliphatic heterocycles. The zero-order valence-electron chi connectivity index (χ0n) is 14.8. The average molecular weight is 394 g/mol. The van der Waals surface area contributed by atoms with Crippen molar-refractivity contribution in [2.45, 2.75) is 38.6 Å². The fraction of sp³-hybridized carbons (Fsp3) is 0.474. The van der Waals surface area contributed by atoms with Crippen molar-refractivity contribution in [3.63, 3.8) is 0 Å². The average Bonchev–Trinajstić information content (AvgIpc) is 3.36. The molecular formula is C19H21Cl2N3O2. The molecule has 2 aromatic rings. The van der Waals surface area contributed by atoms with Crippen molar-refractivity contribution in [1.82, 2.24) is 9.55 Å². The van der Waals surface area contributed by atoms with Crippen molar-refractivity contribution in [2.24, 2.45) is 5.92 Å². The van der Waals surface area contributed by atoms with Gasteiger partial charge >= 0.3 is 0 Å². The molecule has 1 aliphatic carbocycles. The second kappa shape index (κ2) is 6.78. The standard InChI is InChI=1S/C19H21Cl2N3O2/c1-3-15(11-4-5-11)24-10-16(21)22-18(19(24)25)23-7-6-12-8-13(26-2)9-14(20)17(12)23/h8-11,15H,3-7H2,1-2H3. The highest BCUT2D eigenvalue weighted by Crippen LogP contribution is 2.43. The number of methoxy groups -OCH3 is 1. The van der Waals surface area contributed by atoms with Gasteiger partial charge in [0.2, 0.25) is 5.82 Å². The first-order valence-corrected chi connectivity index (χ1v) is 9.71. The topological polar surface area (TPSA) is 47.4 Å².